The number of nitrogens with zero attached hydrogens (tertiary/aromatic N) is 1. The Hall–Kier alpha value is 0.270. The van der Waals surface area contributed by atoms with Crippen molar-refractivity contribution in [3.8, 4) is 0 Å². The first kappa shape index (κ1) is 13.3. The van der Waals surface area contributed by atoms with Gasteiger partial charge >= 0.3 is 0 Å². The van der Waals surface area contributed by atoms with Crippen LogP contribution in [-0.2, 0) is 0 Å². The molecule has 1 saturated heterocycles. The second-order valence-electron chi connectivity index (χ2n) is 6.75. The molecule has 90 valence electrons. The zero-order valence-electron chi connectivity index (χ0n) is 11.1. The molecule has 3 heteroatoms. The van der Waals surface area contributed by atoms with Crippen LogP contribution in [0, 0.1) is 5.41 Å². The number of rotatable bonds is 0. The lowest BCUT2D eigenvalue weighted by molar-refractivity contribution is -0.204. The fourth-order valence-electron chi connectivity index (χ4n) is 2.19. The normalized spacial score (nSPS) is 31.6. The maximum Gasteiger partial charge on any atom is 0.0863 e. The Morgan fingerprint density at radius 3 is 2.00 bits per heavy atom. The summed E-state index contributed by atoms with van der Waals surface area (Å²) in [4.78, 5) is -0.195. The summed E-state index contributed by atoms with van der Waals surface area (Å²) in [5, 5.41) is 12.3. The summed E-state index contributed by atoms with van der Waals surface area (Å²) in [5.41, 5.74) is 0.160. The molecule has 0 amide bonds. The van der Waals surface area contributed by atoms with E-state index in [1.807, 2.05) is 11.8 Å². The molecule has 15 heavy (non-hydrogen) atoms. The summed E-state index contributed by atoms with van der Waals surface area (Å²) >= 11 is 1.88. The van der Waals surface area contributed by atoms with Gasteiger partial charge in [-0.3, -0.25) is 0 Å². The molecular formula is C12H25NOS. The van der Waals surface area contributed by atoms with E-state index in [4.69, 9.17) is 0 Å². The summed E-state index contributed by atoms with van der Waals surface area (Å²) in [6.07, 6.45) is 1.03. The third kappa shape index (κ3) is 2.69. The number of hydrogen-bond donors (Lipinski definition) is 1. The lowest BCUT2D eigenvalue weighted by atomic mass is 9.83. The predicted octanol–water partition coefficient (Wildman–Crippen LogP) is 3.74. The second-order valence-corrected chi connectivity index (χ2v) is 8.55. The molecule has 0 bridgehead atoms. The first-order valence-electron chi connectivity index (χ1n) is 5.64. The highest BCUT2D eigenvalue weighted by atomic mass is 32.2. The van der Waals surface area contributed by atoms with E-state index >= 15 is 0 Å². The van der Waals surface area contributed by atoms with Crippen molar-refractivity contribution in [2.75, 3.05) is 0 Å². The van der Waals surface area contributed by atoms with Crippen molar-refractivity contribution in [2.24, 2.45) is 5.41 Å². The Morgan fingerprint density at radius 1 is 1.20 bits per heavy atom. The van der Waals surface area contributed by atoms with Gasteiger partial charge in [0, 0.05) is 10.8 Å². The topological polar surface area (TPSA) is 23.5 Å². The Bertz CT molecular complexity index is 224. The zero-order valence-corrected chi connectivity index (χ0v) is 11.9. The summed E-state index contributed by atoms with van der Waals surface area (Å²) in [6.45, 7) is 15.3. The molecular weight excluding hydrogens is 206 g/mol. The molecule has 1 rings (SSSR count). The van der Waals surface area contributed by atoms with E-state index in [2.05, 4.69) is 48.5 Å². The van der Waals surface area contributed by atoms with Gasteiger partial charge in [0.2, 0.25) is 0 Å². The van der Waals surface area contributed by atoms with E-state index in [0.717, 1.165) is 6.42 Å². The van der Waals surface area contributed by atoms with Crippen molar-refractivity contribution in [1.82, 2.24) is 5.06 Å². The Morgan fingerprint density at radius 2 is 1.67 bits per heavy atom. The van der Waals surface area contributed by atoms with Crippen LogP contribution in [0.5, 0.6) is 0 Å². The fourth-order valence-corrected chi connectivity index (χ4v) is 4.08. The van der Waals surface area contributed by atoms with Crippen molar-refractivity contribution in [3.05, 3.63) is 0 Å². The van der Waals surface area contributed by atoms with Crippen LogP contribution in [0.2, 0.25) is 0 Å². The van der Waals surface area contributed by atoms with Gasteiger partial charge in [0.05, 0.1) is 4.87 Å². The largest absolute Gasteiger partial charge is 0.312 e. The molecule has 0 radical (unpaired) electrons. The van der Waals surface area contributed by atoms with Gasteiger partial charge in [0.25, 0.3) is 0 Å². The van der Waals surface area contributed by atoms with Gasteiger partial charge < -0.3 is 5.21 Å². The standard InChI is InChI=1S/C12H25NOS/c1-10(2,3)9-8-11(4,5)13(14)12(6,7)15-9/h9,14H,8H2,1-7H3. The lowest BCUT2D eigenvalue weighted by Crippen LogP contribution is -2.59. The van der Waals surface area contributed by atoms with Crippen LogP contribution >= 0.6 is 11.8 Å². The average molecular weight is 231 g/mol. The average Bonchev–Trinajstić information content (AvgIpc) is 1.97. The molecule has 1 unspecified atom stereocenters. The third-order valence-electron chi connectivity index (χ3n) is 3.16. The first-order valence-corrected chi connectivity index (χ1v) is 6.52. The molecule has 1 aliphatic heterocycles. The minimum atomic E-state index is -0.195. The van der Waals surface area contributed by atoms with Gasteiger partial charge in [-0.2, -0.15) is 5.06 Å². The highest BCUT2D eigenvalue weighted by molar-refractivity contribution is 8.01. The summed E-state index contributed by atoms with van der Waals surface area (Å²) in [6, 6.07) is 0. The van der Waals surface area contributed by atoms with Gasteiger partial charge in [0.15, 0.2) is 0 Å². The molecule has 0 aromatic heterocycles. The second kappa shape index (κ2) is 3.64. The third-order valence-corrected chi connectivity index (χ3v) is 5.07. The van der Waals surface area contributed by atoms with Gasteiger partial charge in [-0.25, -0.2) is 0 Å². The van der Waals surface area contributed by atoms with Crippen LogP contribution in [0.15, 0.2) is 0 Å². The maximum absolute atomic E-state index is 10.2. The molecule has 1 aliphatic rings. The van der Waals surface area contributed by atoms with Crippen molar-refractivity contribution in [2.45, 2.75) is 70.5 Å². The van der Waals surface area contributed by atoms with E-state index in [9.17, 15) is 5.21 Å². The van der Waals surface area contributed by atoms with Crippen LogP contribution in [0.3, 0.4) is 0 Å². The van der Waals surface area contributed by atoms with Crippen LogP contribution in [-0.4, -0.2) is 25.9 Å². The molecule has 1 fully saturated rings. The molecule has 0 spiro atoms. The van der Waals surface area contributed by atoms with Gasteiger partial charge in [0.1, 0.15) is 0 Å². The number of thioether (sulfide) groups is 1. The summed E-state index contributed by atoms with van der Waals surface area (Å²) in [5.74, 6) is 0. The molecule has 1 N–H and O–H groups in total. The van der Waals surface area contributed by atoms with Crippen LogP contribution in [0.25, 0.3) is 0 Å². The van der Waals surface area contributed by atoms with E-state index in [0.29, 0.717) is 10.7 Å². The molecule has 1 heterocycles. The van der Waals surface area contributed by atoms with Gasteiger partial charge in [-0.1, -0.05) is 20.8 Å². The van der Waals surface area contributed by atoms with E-state index < -0.39 is 0 Å². The van der Waals surface area contributed by atoms with Crippen molar-refractivity contribution >= 4 is 11.8 Å². The van der Waals surface area contributed by atoms with E-state index in [-0.39, 0.29) is 10.4 Å². The predicted molar refractivity (Wildman–Crippen MR) is 67.2 cm³/mol. The van der Waals surface area contributed by atoms with Crippen LogP contribution < -0.4 is 0 Å². The van der Waals surface area contributed by atoms with E-state index in [1.54, 1.807) is 0 Å². The quantitative estimate of drug-likeness (QED) is 0.687. The zero-order chi connectivity index (χ0) is 12.1. The monoisotopic (exact) mass is 231 g/mol. The molecule has 2 nitrogen and oxygen atoms in total. The SMILES string of the molecule is CC(C)(C)C1CC(C)(C)N(O)C(C)(C)S1. The van der Waals surface area contributed by atoms with Crippen LogP contribution in [0.4, 0.5) is 0 Å². The van der Waals surface area contributed by atoms with Gasteiger partial charge in [-0.15, -0.1) is 11.8 Å². The first-order chi connectivity index (χ1) is 6.47. The Balaban J connectivity index is 2.94. The number of hydrogen-bond acceptors (Lipinski definition) is 3. The minimum Gasteiger partial charge on any atom is -0.312 e. The molecule has 0 saturated carbocycles. The van der Waals surface area contributed by atoms with Crippen LogP contribution in [0.1, 0.15) is 54.9 Å². The van der Waals surface area contributed by atoms with Crippen molar-refractivity contribution in [3.63, 3.8) is 0 Å². The molecule has 0 aromatic rings. The maximum atomic E-state index is 10.2. The molecule has 0 aliphatic carbocycles. The Kier molecular flexibility index (Phi) is 3.24. The Labute approximate surface area is 98.4 Å². The highest BCUT2D eigenvalue weighted by Crippen LogP contribution is 2.50. The number of hydroxylamine groups is 2. The van der Waals surface area contributed by atoms with Crippen molar-refractivity contribution in [1.29, 1.82) is 0 Å². The van der Waals surface area contributed by atoms with E-state index in [1.165, 1.54) is 5.06 Å². The lowest BCUT2D eigenvalue weighted by Gasteiger charge is -2.53. The fraction of sp³-hybridized carbons (Fsp3) is 1.00. The summed E-state index contributed by atoms with van der Waals surface area (Å²) < 4.78 is 0. The van der Waals surface area contributed by atoms with Gasteiger partial charge in [-0.05, 0) is 39.5 Å². The highest BCUT2D eigenvalue weighted by Gasteiger charge is 2.48. The smallest absolute Gasteiger partial charge is 0.0863 e. The summed E-state index contributed by atoms with van der Waals surface area (Å²) in [7, 11) is 0. The molecule has 1 atom stereocenters. The minimum absolute atomic E-state index is 0.132. The van der Waals surface area contributed by atoms with Crippen molar-refractivity contribution < 1.29 is 5.21 Å². The molecule has 0 aromatic carbocycles.